The van der Waals surface area contributed by atoms with Crippen LogP contribution in [0.5, 0.6) is 0 Å². The summed E-state index contributed by atoms with van der Waals surface area (Å²) >= 11 is 0. The number of sulfonamides is 1. The number of benzene rings is 2. The van der Waals surface area contributed by atoms with Gasteiger partial charge >= 0.3 is 6.18 Å². The Kier molecular flexibility index (Phi) is 5.57. The van der Waals surface area contributed by atoms with E-state index in [1.165, 1.54) is 0 Å². The van der Waals surface area contributed by atoms with Crippen LogP contribution in [0.4, 0.5) is 13.2 Å². The Hall–Kier alpha value is -1.91. The highest BCUT2D eigenvalue weighted by Crippen LogP contribution is 2.33. The van der Waals surface area contributed by atoms with E-state index in [0.29, 0.717) is 11.6 Å². The van der Waals surface area contributed by atoms with Crippen LogP contribution in [0.1, 0.15) is 22.8 Å². The number of halogens is 3. The Morgan fingerprint density at radius 3 is 2.29 bits per heavy atom. The van der Waals surface area contributed by atoms with Gasteiger partial charge in [-0.3, -0.25) is 0 Å². The zero-order valence-corrected chi connectivity index (χ0v) is 16.3. The van der Waals surface area contributed by atoms with E-state index in [1.54, 1.807) is 30.3 Å². The summed E-state index contributed by atoms with van der Waals surface area (Å²) in [5, 5.41) is -0.851. The van der Waals surface area contributed by atoms with Gasteiger partial charge in [0.25, 0.3) is 0 Å². The predicted octanol–water partition coefficient (Wildman–Crippen LogP) is 3.26. The average molecular weight is 433 g/mol. The van der Waals surface area contributed by atoms with E-state index in [0.717, 1.165) is 22.5 Å². The molecule has 0 aliphatic carbocycles. The van der Waals surface area contributed by atoms with Crippen molar-refractivity contribution in [3.05, 3.63) is 65.7 Å². The van der Waals surface area contributed by atoms with E-state index in [4.69, 9.17) is 0 Å². The van der Waals surface area contributed by atoms with E-state index in [9.17, 15) is 30.0 Å². The fourth-order valence-electron chi connectivity index (χ4n) is 3.19. The molecule has 1 fully saturated rings. The maximum absolute atomic E-state index is 12.9. The summed E-state index contributed by atoms with van der Waals surface area (Å²) in [6.07, 6.45) is -4.64. The first-order chi connectivity index (χ1) is 13.0. The molecule has 0 saturated carbocycles. The third-order valence-corrected chi connectivity index (χ3v) is 8.69. The lowest BCUT2D eigenvalue weighted by Crippen LogP contribution is -2.33. The third-order valence-electron chi connectivity index (χ3n) is 4.67. The van der Waals surface area contributed by atoms with Crippen LogP contribution in [0.15, 0.2) is 59.5 Å². The minimum atomic E-state index is -4.67. The molecule has 0 radical (unpaired) electrons. The first-order valence-corrected chi connectivity index (χ1v) is 11.6. The van der Waals surface area contributed by atoms with Gasteiger partial charge in [-0.05, 0) is 30.2 Å². The number of rotatable bonds is 3. The maximum Gasteiger partial charge on any atom is 0.416 e. The molecule has 0 N–H and O–H groups in total. The van der Waals surface area contributed by atoms with Crippen molar-refractivity contribution in [3.63, 3.8) is 0 Å². The summed E-state index contributed by atoms with van der Waals surface area (Å²) in [5.74, 6) is -0.398. The number of sulfone groups is 1. The van der Waals surface area contributed by atoms with Crippen molar-refractivity contribution in [3.8, 4) is 0 Å². The fourth-order valence-corrected chi connectivity index (χ4v) is 6.60. The van der Waals surface area contributed by atoms with Gasteiger partial charge in [-0.25, -0.2) is 16.8 Å². The zero-order chi connectivity index (χ0) is 20.6. The van der Waals surface area contributed by atoms with Gasteiger partial charge < -0.3 is 0 Å². The molecule has 1 saturated heterocycles. The lowest BCUT2D eigenvalue weighted by Gasteiger charge is -2.20. The monoisotopic (exact) mass is 433 g/mol. The lowest BCUT2D eigenvalue weighted by molar-refractivity contribution is -0.137. The second kappa shape index (κ2) is 7.49. The van der Waals surface area contributed by atoms with Crippen molar-refractivity contribution in [1.82, 2.24) is 4.31 Å². The van der Waals surface area contributed by atoms with Gasteiger partial charge in [0, 0.05) is 13.1 Å². The first-order valence-electron chi connectivity index (χ1n) is 8.46. The zero-order valence-electron chi connectivity index (χ0n) is 14.6. The normalized spacial score (nSPS) is 21.2. The van der Waals surface area contributed by atoms with Crippen molar-refractivity contribution in [2.24, 2.45) is 0 Å². The Morgan fingerprint density at radius 2 is 1.64 bits per heavy atom. The van der Waals surface area contributed by atoms with Crippen molar-refractivity contribution < 1.29 is 30.0 Å². The molecule has 0 bridgehead atoms. The minimum absolute atomic E-state index is 0.0323. The average Bonchev–Trinajstić information content (AvgIpc) is 2.80. The molecule has 1 aliphatic rings. The number of hydrogen-bond donors (Lipinski definition) is 0. The highest BCUT2D eigenvalue weighted by Gasteiger charge is 2.37. The van der Waals surface area contributed by atoms with Crippen LogP contribution < -0.4 is 0 Å². The van der Waals surface area contributed by atoms with Crippen molar-refractivity contribution in [2.45, 2.75) is 22.7 Å². The molecule has 10 heteroatoms. The highest BCUT2D eigenvalue weighted by atomic mass is 32.2. The van der Waals surface area contributed by atoms with Gasteiger partial charge in [0.15, 0.2) is 9.84 Å². The molecule has 2 aromatic carbocycles. The number of nitrogens with zero attached hydrogens (tertiary/aromatic N) is 1. The molecule has 0 aromatic heterocycles. The van der Waals surface area contributed by atoms with Gasteiger partial charge in [0.2, 0.25) is 10.0 Å². The van der Waals surface area contributed by atoms with Gasteiger partial charge in [0.1, 0.15) is 0 Å². The van der Waals surface area contributed by atoms with E-state index >= 15 is 0 Å². The molecule has 152 valence electrons. The Labute approximate surface area is 161 Å². The van der Waals surface area contributed by atoms with Crippen LogP contribution in [-0.4, -0.2) is 40.0 Å². The van der Waals surface area contributed by atoms with Gasteiger partial charge in [-0.15, -0.1) is 0 Å². The standard InChI is InChI=1S/C18H18F3NO4S2/c19-18(20,21)15-7-4-8-16(13-15)28(25,26)22-10-9-17(27(23,24)12-11-22)14-5-2-1-3-6-14/h1-8,13,17H,9-12H2. The van der Waals surface area contributed by atoms with Crippen LogP contribution in [0.25, 0.3) is 0 Å². The number of hydrogen-bond acceptors (Lipinski definition) is 4. The smallest absolute Gasteiger partial charge is 0.228 e. The molecular formula is C18H18F3NO4S2. The Bertz CT molecular complexity index is 1050. The fraction of sp³-hybridized carbons (Fsp3) is 0.333. The second-order valence-electron chi connectivity index (χ2n) is 6.48. The quantitative estimate of drug-likeness (QED) is 0.745. The van der Waals surface area contributed by atoms with Gasteiger partial charge in [-0.1, -0.05) is 36.4 Å². The largest absolute Gasteiger partial charge is 0.416 e. The summed E-state index contributed by atoms with van der Waals surface area (Å²) in [6, 6.07) is 12.0. The third kappa shape index (κ3) is 4.23. The second-order valence-corrected chi connectivity index (χ2v) is 10.7. The maximum atomic E-state index is 12.9. The molecule has 0 amide bonds. The molecule has 1 aliphatic heterocycles. The molecule has 0 spiro atoms. The summed E-state index contributed by atoms with van der Waals surface area (Å²) in [5.41, 5.74) is -0.501. The molecule has 1 atom stereocenters. The Morgan fingerprint density at radius 1 is 0.964 bits per heavy atom. The van der Waals surface area contributed by atoms with Crippen molar-refractivity contribution in [1.29, 1.82) is 0 Å². The topological polar surface area (TPSA) is 71.5 Å². The van der Waals surface area contributed by atoms with Crippen LogP contribution in [0.3, 0.4) is 0 Å². The van der Waals surface area contributed by atoms with Crippen LogP contribution in [0, 0.1) is 0 Å². The highest BCUT2D eigenvalue weighted by molar-refractivity contribution is 7.92. The molecule has 2 aromatic rings. The summed E-state index contributed by atoms with van der Waals surface area (Å²) in [6.45, 7) is -0.401. The van der Waals surface area contributed by atoms with Gasteiger partial charge in [-0.2, -0.15) is 17.5 Å². The lowest BCUT2D eigenvalue weighted by atomic mass is 10.1. The molecule has 1 unspecified atom stereocenters. The van der Waals surface area contributed by atoms with E-state index in [1.807, 2.05) is 0 Å². The number of alkyl halides is 3. The molecular weight excluding hydrogens is 415 g/mol. The van der Waals surface area contributed by atoms with Crippen LogP contribution in [-0.2, 0) is 26.0 Å². The summed E-state index contributed by atoms with van der Waals surface area (Å²) in [4.78, 5) is -0.502. The van der Waals surface area contributed by atoms with Gasteiger partial charge in [0.05, 0.1) is 21.5 Å². The molecule has 5 nitrogen and oxygen atoms in total. The summed E-state index contributed by atoms with van der Waals surface area (Å²) in [7, 11) is -7.86. The van der Waals surface area contributed by atoms with E-state index < -0.39 is 47.5 Å². The summed E-state index contributed by atoms with van der Waals surface area (Å²) < 4.78 is 90.6. The minimum Gasteiger partial charge on any atom is -0.228 e. The Balaban J connectivity index is 1.91. The molecule has 3 rings (SSSR count). The SMILES string of the molecule is O=S1(=O)CCN(S(=O)(=O)c2cccc(C(F)(F)F)c2)CCC1c1ccccc1. The molecule has 28 heavy (non-hydrogen) atoms. The van der Waals surface area contributed by atoms with Crippen LogP contribution >= 0.6 is 0 Å². The molecule has 1 heterocycles. The van der Waals surface area contributed by atoms with Crippen molar-refractivity contribution >= 4 is 19.9 Å². The van der Waals surface area contributed by atoms with E-state index in [2.05, 4.69) is 0 Å². The van der Waals surface area contributed by atoms with Crippen LogP contribution in [0.2, 0.25) is 0 Å². The van der Waals surface area contributed by atoms with E-state index in [-0.39, 0.29) is 19.5 Å². The van der Waals surface area contributed by atoms with Crippen molar-refractivity contribution in [2.75, 3.05) is 18.8 Å². The first kappa shape index (κ1) is 20.8. The predicted molar refractivity (Wildman–Crippen MR) is 97.8 cm³/mol.